The average molecular weight is 293 g/mol. The number of carbonyl (C=O) groups excluding carboxylic acids is 1. The molecular weight excluding hydrogens is 266 g/mol. The first-order chi connectivity index (χ1) is 10.2. The summed E-state index contributed by atoms with van der Waals surface area (Å²) in [6, 6.07) is 0.680. The molecule has 1 aromatic heterocycles. The van der Waals surface area contributed by atoms with Crippen LogP contribution in [0.25, 0.3) is 0 Å². The van der Waals surface area contributed by atoms with Crippen molar-refractivity contribution in [3.63, 3.8) is 0 Å². The third-order valence-electron chi connectivity index (χ3n) is 4.07. The van der Waals surface area contributed by atoms with E-state index in [0.717, 1.165) is 31.6 Å². The fourth-order valence-electron chi connectivity index (χ4n) is 2.80. The minimum atomic E-state index is -0.180. The molecule has 0 aromatic carbocycles. The van der Waals surface area contributed by atoms with Gasteiger partial charge in [-0.25, -0.2) is 4.98 Å². The van der Waals surface area contributed by atoms with Gasteiger partial charge in [0.15, 0.2) is 0 Å². The van der Waals surface area contributed by atoms with E-state index in [1.165, 1.54) is 25.8 Å². The lowest BCUT2D eigenvalue weighted by Crippen LogP contribution is -2.39. The van der Waals surface area contributed by atoms with Crippen LogP contribution in [-0.2, 0) is 6.42 Å². The highest BCUT2D eigenvalue weighted by atomic mass is 16.2. The maximum absolute atomic E-state index is 11.9. The monoisotopic (exact) mass is 293 g/mol. The first kappa shape index (κ1) is 15.9. The van der Waals surface area contributed by atoms with Gasteiger partial charge in [0.1, 0.15) is 5.82 Å². The summed E-state index contributed by atoms with van der Waals surface area (Å²) in [5, 5.41) is 9.66. The van der Waals surface area contributed by atoms with Gasteiger partial charge in [-0.2, -0.15) is 0 Å². The Morgan fingerprint density at radius 3 is 3.10 bits per heavy atom. The van der Waals surface area contributed by atoms with Crippen molar-refractivity contribution in [1.82, 2.24) is 25.4 Å². The Bertz CT molecular complexity index is 445. The zero-order valence-electron chi connectivity index (χ0n) is 13.2. The third-order valence-corrected chi connectivity index (χ3v) is 4.07. The van der Waals surface area contributed by atoms with E-state index in [2.05, 4.69) is 39.2 Å². The molecule has 2 rings (SSSR count). The number of aromatic amines is 1. The van der Waals surface area contributed by atoms with E-state index in [1.807, 2.05) is 0 Å². The van der Waals surface area contributed by atoms with E-state index in [-0.39, 0.29) is 11.7 Å². The van der Waals surface area contributed by atoms with Gasteiger partial charge in [0, 0.05) is 25.6 Å². The standard InChI is InChI=1S/C15H27N5O/c1-3-7-13-17-14(19-18-13)15(21)16-9-6-11-20-10-5-4-8-12(20)2/h12H,3-11H2,1-2H3,(H,16,21)(H,17,18,19). The largest absolute Gasteiger partial charge is 0.349 e. The van der Waals surface area contributed by atoms with Crippen LogP contribution in [-0.4, -0.2) is 51.7 Å². The average Bonchev–Trinajstić information content (AvgIpc) is 2.94. The highest BCUT2D eigenvalue weighted by Crippen LogP contribution is 2.16. The molecule has 21 heavy (non-hydrogen) atoms. The molecule has 0 saturated carbocycles. The van der Waals surface area contributed by atoms with Gasteiger partial charge in [-0.3, -0.25) is 9.89 Å². The quantitative estimate of drug-likeness (QED) is 0.751. The minimum absolute atomic E-state index is 0.180. The number of aromatic nitrogens is 3. The van der Waals surface area contributed by atoms with E-state index in [9.17, 15) is 4.79 Å². The second-order valence-electron chi connectivity index (χ2n) is 5.85. The number of hydrogen-bond donors (Lipinski definition) is 2. The number of H-pyrrole nitrogens is 1. The molecule has 6 heteroatoms. The Kier molecular flexibility index (Phi) is 6.17. The number of rotatable bonds is 7. The molecule has 1 saturated heterocycles. The van der Waals surface area contributed by atoms with Gasteiger partial charge in [-0.05, 0) is 39.2 Å². The Morgan fingerprint density at radius 2 is 2.33 bits per heavy atom. The summed E-state index contributed by atoms with van der Waals surface area (Å²) in [6.45, 7) is 7.29. The summed E-state index contributed by atoms with van der Waals surface area (Å²) in [4.78, 5) is 18.6. The first-order valence-electron chi connectivity index (χ1n) is 8.14. The summed E-state index contributed by atoms with van der Waals surface area (Å²) in [7, 11) is 0. The van der Waals surface area contributed by atoms with Gasteiger partial charge in [0.25, 0.3) is 5.91 Å². The highest BCUT2D eigenvalue weighted by Gasteiger charge is 2.17. The fourth-order valence-corrected chi connectivity index (χ4v) is 2.80. The molecule has 1 atom stereocenters. The molecule has 0 spiro atoms. The number of nitrogens with zero attached hydrogens (tertiary/aromatic N) is 3. The summed E-state index contributed by atoms with van der Waals surface area (Å²) in [5.41, 5.74) is 0. The SMILES string of the molecule is CCCc1nc(C(=O)NCCCN2CCCCC2C)n[nH]1. The van der Waals surface area contributed by atoms with Crippen molar-refractivity contribution < 1.29 is 4.79 Å². The smallest absolute Gasteiger partial charge is 0.290 e. The third kappa shape index (κ3) is 4.81. The van der Waals surface area contributed by atoms with Crippen molar-refractivity contribution in [3.8, 4) is 0 Å². The second kappa shape index (κ2) is 8.12. The first-order valence-corrected chi connectivity index (χ1v) is 8.14. The predicted molar refractivity (Wildman–Crippen MR) is 82.2 cm³/mol. The summed E-state index contributed by atoms with van der Waals surface area (Å²) in [6.07, 6.45) is 6.73. The molecule has 1 unspecified atom stereocenters. The Hall–Kier alpha value is -1.43. The normalized spacial score (nSPS) is 19.6. The Labute approximate surface area is 126 Å². The van der Waals surface area contributed by atoms with Crippen LogP contribution in [0.3, 0.4) is 0 Å². The second-order valence-corrected chi connectivity index (χ2v) is 5.85. The van der Waals surface area contributed by atoms with E-state index >= 15 is 0 Å². The molecule has 0 radical (unpaired) electrons. The lowest BCUT2D eigenvalue weighted by atomic mass is 10.0. The summed E-state index contributed by atoms with van der Waals surface area (Å²) < 4.78 is 0. The van der Waals surface area contributed by atoms with Crippen LogP contribution >= 0.6 is 0 Å². The molecule has 2 N–H and O–H groups in total. The van der Waals surface area contributed by atoms with E-state index in [1.54, 1.807) is 0 Å². The molecule has 1 fully saturated rings. The molecule has 0 aliphatic carbocycles. The van der Waals surface area contributed by atoms with Gasteiger partial charge in [-0.1, -0.05) is 13.3 Å². The van der Waals surface area contributed by atoms with Crippen LogP contribution in [0.2, 0.25) is 0 Å². The predicted octanol–water partition coefficient (Wildman–Crippen LogP) is 1.75. The molecule has 118 valence electrons. The summed E-state index contributed by atoms with van der Waals surface area (Å²) >= 11 is 0. The molecule has 1 aliphatic heterocycles. The van der Waals surface area contributed by atoms with Crippen LogP contribution < -0.4 is 5.32 Å². The van der Waals surface area contributed by atoms with Gasteiger partial charge in [-0.15, -0.1) is 5.10 Å². The van der Waals surface area contributed by atoms with Gasteiger partial charge in [0.05, 0.1) is 0 Å². The van der Waals surface area contributed by atoms with Crippen LogP contribution in [0.15, 0.2) is 0 Å². The molecule has 1 amide bonds. The number of aryl methyl sites for hydroxylation is 1. The topological polar surface area (TPSA) is 73.9 Å². The number of nitrogens with one attached hydrogen (secondary N) is 2. The van der Waals surface area contributed by atoms with Crippen LogP contribution in [0, 0.1) is 0 Å². The van der Waals surface area contributed by atoms with Crippen molar-refractivity contribution >= 4 is 5.91 Å². The van der Waals surface area contributed by atoms with Gasteiger partial charge >= 0.3 is 0 Å². The molecule has 0 bridgehead atoms. The van der Waals surface area contributed by atoms with Crippen LogP contribution in [0.5, 0.6) is 0 Å². The van der Waals surface area contributed by atoms with Gasteiger partial charge in [0.2, 0.25) is 5.82 Å². The van der Waals surface area contributed by atoms with E-state index in [4.69, 9.17) is 0 Å². The molecule has 1 aliphatic rings. The zero-order valence-corrected chi connectivity index (χ0v) is 13.2. The maximum atomic E-state index is 11.9. The van der Waals surface area contributed by atoms with E-state index < -0.39 is 0 Å². The van der Waals surface area contributed by atoms with Gasteiger partial charge < -0.3 is 10.2 Å². The van der Waals surface area contributed by atoms with Crippen molar-refractivity contribution in [2.24, 2.45) is 0 Å². The lowest BCUT2D eigenvalue weighted by molar-refractivity contribution is 0.0939. The number of amides is 1. The number of hydrogen-bond acceptors (Lipinski definition) is 4. The highest BCUT2D eigenvalue weighted by molar-refractivity contribution is 5.90. The number of likely N-dealkylation sites (tertiary alicyclic amines) is 1. The Balaban J connectivity index is 1.66. The summed E-state index contributed by atoms with van der Waals surface area (Å²) in [5.74, 6) is 0.856. The Morgan fingerprint density at radius 1 is 1.48 bits per heavy atom. The van der Waals surface area contributed by atoms with Crippen molar-refractivity contribution in [3.05, 3.63) is 11.6 Å². The molecule has 2 heterocycles. The maximum Gasteiger partial charge on any atom is 0.290 e. The van der Waals surface area contributed by atoms with Crippen molar-refractivity contribution in [2.45, 2.75) is 58.4 Å². The molecule has 6 nitrogen and oxygen atoms in total. The van der Waals surface area contributed by atoms with E-state index in [0.29, 0.717) is 12.6 Å². The number of carbonyl (C=O) groups is 1. The van der Waals surface area contributed by atoms with Crippen molar-refractivity contribution in [2.75, 3.05) is 19.6 Å². The lowest BCUT2D eigenvalue weighted by Gasteiger charge is -2.33. The van der Waals surface area contributed by atoms with Crippen LogP contribution in [0.4, 0.5) is 0 Å². The zero-order chi connectivity index (χ0) is 15.1. The van der Waals surface area contributed by atoms with Crippen LogP contribution in [0.1, 0.15) is 62.4 Å². The van der Waals surface area contributed by atoms with Crippen molar-refractivity contribution in [1.29, 1.82) is 0 Å². The minimum Gasteiger partial charge on any atom is -0.349 e. The molecule has 1 aromatic rings. The fraction of sp³-hybridized carbons (Fsp3) is 0.800. The molecular formula is C15H27N5O. The number of piperidine rings is 1.